The third-order valence-electron chi connectivity index (χ3n) is 4.15. The van der Waals surface area contributed by atoms with Gasteiger partial charge < -0.3 is 14.8 Å². The van der Waals surface area contributed by atoms with Crippen LogP contribution in [0.5, 0.6) is 5.75 Å². The van der Waals surface area contributed by atoms with Crippen LogP contribution in [0.2, 0.25) is 0 Å². The average molecular weight is 291 g/mol. The highest BCUT2D eigenvalue weighted by molar-refractivity contribution is 5.60. The molecule has 6 heteroatoms. The number of ether oxygens (including phenoxy) is 2. The van der Waals surface area contributed by atoms with Crippen molar-refractivity contribution in [1.82, 2.24) is 10.2 Å². The molecule has 2 aliphatic heterocycles. The largest absolute Gasteiger partial charge is 0.508 e. The van der Waals surface area contributed by atoms with E-state index in [1.807, 2.05) is 0 Å². The van der Waals surface area contributed by atoms with Gasteiger partial charge >= 0.3 is 0 Å². The maximum absolute atomic E-state index is 14.5. The Balaban J connectivity index is 1.86. The van der Waals surface area contributed by atoms with Crippen molar-refractivity contribution in [2.24, 2.45) is 0 Å². The van der Waals surface area contributed by atoms with Crippen LogP contribution in [0.25, 0.3) is 4.85 Å². The molecule has 2 atom stereocenters. The maximum atomic E-state index is 14.5. The fourth-order valence-corrected chi connectivity index (χ4v) is 2.97. The molecule has 2 fully saturated rings. The van der Waals surface area contributed by atoms with Gasteiger partial charge in [0.15, 0.2) is 0 Å². The van der Waals surface area contributed by atoms with Crippen molar-refractivity contribution in [3.63, 3.8) is 0 Å². The van der Waals surface area contributed by atoms with E-state index in [0.717, 1.165) is 19.6 Å². The Labute approximate surface area is 123 Å². The van der Waals surface area contributed by atoms with Crippen molar-refractivity contribution < 1.29 is 13.9 Å². The lowest BCUT2D eigenvalue weighted by Gasteiger charge is -2.42. The van der Waals surface area contributed by atoms with E-state index in [1.165, 1.54) is 7.11 Å². The highest BCUT2D eigenvalue weighted by Crippen LogP contribution is 2.37. The van der Waals surface area contributed by atoms with Crippen molar-refractivity contribution in [2.75, 3.05) is 39.9 Å². The molecule has 0 aromatic heterocycles. The van der Waals surface area contributed by atoms with E-state index in [-0.39, 0.29) is 17.5 Å². The minimum Gasteiger partial charge on any atom is -0.508 e. The van der Waals surface area contributed by atoms with Crippen molar-refractivity contribution in [3.05, 3.63) is 34.9 Å². The van der Waals surface area contributed by atoms with Gasteiger partial charge in [0.2, 0.25) is 0 Å². The molecular weight excluding hydrogens is 273 g/mol. The number of piperazine rings is 1. The Morgan fingerprint density at radius 2 is 2.38 bits per heavy atom. The molecule has 1 aromatic carbocycles. The minimum absolute atomic E-state index is 0.0685. The predicted molar refractivity (Wildman–Crippen MR) is 76.1 cm³/mol. The van der Waals surface area contributed by atoms with E-state index in [4.69, 9.17) is 16.0 Å². The zero-order chi connectivity index (χ0) is 14.8. The molecule has 2 heterocycles. The number of benzene rings is 1. The molecule has 1 aromatic rings. The Hall–Kier alpha value is -1.68. The van der Waals surface area contributed by atoms with Crippen LogP contribution in [0.1, 0.15) is 11.7 Å². The molecule has 0 saturated carbocycles. The van der Waals surface area contributed by atoms with E-state index >= 15 is 0 Å². The van der Waals surface area contributed by atoms with Gasteiger partial charge in [-0.2, -0.15) is 0 Å². The summed E-state index contributed by atoms with van der Waals surface area (Å²) in [5.41, 5.74) is 0.375. The highest BCUT2D eigenvalue weighted by atomic mass is 19.1. The van der Waals surface area contributed by atoms with E-state index in [0.29, 0.717) is 24.8 Å². The fraction of sp³-hybridized carbons (Fsp3) is 0.533. The Bertz CT molecular complexity index is 573. The van der Waals surface area contributed by atoms with Gasteiger partial charge in [-0.25, -0.2) is 9.24 Å². The quantitative estimate of drug-likeness (QED) is 0.842. The van der Waals surface area contributed by atoms with E-state index in [1.54, 1.807) is 12.1 Å². The third kappa shape index (κ3) is 2.60. The summed E-state index contributed by atoms with van der Waals surface area (Å²) in [5, 5.41) is 3.33. The van der Waals surface area contributed by atoms with Gasteiger partial charge in [0, 0.05) is 37.8 Å². The number of fused-ring (bicyclic) bond motifs is 1. The zero-order valence-corrected chi connectivity index (χ0v) is 11.9. The van der Waals surface area contributed by atoms with Crippen LogP contribution in [0.3, 0.4) is 0 Å². The molecule has 0 radical (unpaired) electrons. The van der Waals surface area contributed by atoms with E-state index in [9.17, 15) is 4.39 Å². The molecule has 21 heavy (non-hydrogen) atoms. The number of nitrogens with zero attached hydrogens (tertiary/aromatic N) is 2. The molecule has 0 aliphatic carbocycles. The second-order valence-electron chi connectivity index (χ2n) is 5.31. The molecule has 0 spiro atoms. The standard InChI is InChI=1S/C15H18FN3O2/c1-17-15-12(20-2)4-3-11(14(15)16)13-8-19-6-5-18-7-10(19)9-21-13/h3-4,10,13,18H,5-9H2,2H3/t10-,13-/m0/s1. The summed E-state index contributed by atoms with van der Waals surface area (Å²) in [6.45, 7) is 11.2. The summed E-state index contributed by atoms with van der Waals surface area (Å²) in [6, 6.07) is 3.66. The van der Waals surface area contributed by atoms with Crippen LogP contribution in [0.4, 0.5) is 10.1 Å². The van der Waals surface area contributed by atoms with Crippen molar-refractivity contribution >= 4 is 5.69 Å². The fourth-order valence-electron chi connectivity index (χ4n) is 2.97. The molecule has 0 bridgehead atoms. The van der Waals surface area contributed by atoms with Crippen LogP contribution < -0.4 is 10.1 Å². The van der Waals surface area contributed by atoms with Crippen molar-refractivity contribution in [3.8, 4) is 5.75 Å². The molecule has 5 nitrogen and oxygen atoms in total. The van der Waals surface area contributed by atoms with Gasteiger partial charge in [-0.05, 0) is 6.07 Å². The summed E-state index contributed by atoms with van der Waals surface area (Å²) in [4.78, 5) is 5.57. The third-order valence-corrected chi connectivity index (χ3v) is 4.15. The Kier molecular flexibility index (Phi) is 4.06. The number of hydrogen-bond acceptors (Lipinski definition) is 4. The lowest BCUT2D eigenvalue weighted by atomic mass is 10.0. The molecule has 1 N–H and O–H groups in total. The highest BCUT2D eigenvalue weighted by Gasteiger charge is 2.33. The van der Waals surface area contributed by atoms with Crippen LogP contribution >= 0.6 is 0 Å². The van der Waals surface area contributed by atoms with Gasteiger partial charge in [-0.1, -0.05) is 6.07 Å². The lowest BCUT2D eigenvalue weighted by Crippen LogP contribution is -2.57. The van der Waals surface area contributed by atoms with E-state index in [2.05, 4.69) is 15.1 Å². The van der Waals surface area contributed by atoms with Crippen LogP contribution in [-0.4, -0.2) is 50.8 Å². The first-order chi connectivity index (χ1) is 10.2. The van der Waals surface area contributed by atoms with Crippen molar-refractivity contribution in [2.45, 2.75) is 12.1 Å². The minimum atomic E-state index is -0.525. The first-order valence-corrected chi connectivity index (χ1v) is 7.04. The van der Waals surface area contributed by atoms with Crippen LogP contribution in [0.15, 0.2) is 12.1 Å². The van der Waals surface area contributed by atoms with Gasteiger partial charge in [-0.15, -0.1) is 0 Å². The maximum Gasteiger partial charge on any atom is 0.263 e. The molecule has 2 saturated heterocycles. The molecule has 3 rings (SSSR count). The van der Waals surface area contributed by atoms with Gasteiger partial charge in [0.1, 0.15) is 11.6 Å². The van der Waals surface area contributed by atoms with Crippen LogP contribution in [-0.2, 0) is 4.74 Å². The zero-order valence-electron chi connectivity index (χ0n) is 11.9. The predicted octanol–water partition coefficient (Wildman–Crippen LogP) is 1.73. The SMILES string of the molecule is [C-]#[N+]c1c(OC)ccc([C@@H]2CN3CCNC[C@H]3CO2)c1F. The first-order valence-electron chi connectivity index (χ1n) is 7.04. The van der Waals surface area contributed by atoms with Gasteiger partial charge in [0.05, 0.1) is 26.4 Å². The summed E-state index contributed by atoms with van der Waals surface area (Å²) >= 11 is 0. The average Bonchev–Trinajstić information content (AvgIpc) is 2.54. The molecule has 0 unspecified atom stereocenters. The number of hydrogen-bond donors (Lipinski definition) is 1. The molecular formula is C15H18FN3O2. The summed E-state index contributed by atoms with van der Waals surface area (Å²) < 4.78 is 25.4. The summed E-state index contributed by atoms with van der Waals surface area (Å²) in [5.74, 6) is -0.259. The first kappa shape index (κ1) is 14.3. The number of nitrogens with one attached hydrogen (secondary N) is 1. The van der Waals surface area contributed by atoms with Crippen LogP contribution in [0, 0.1) is 12.4 Å². The molecule has 112 valence electrons. The number of morpholine rings is 1. The van der Waals surface area contributed by atoms with Gasteiger partial charge in [-0.3, -0.25) is 4.90 Å². The Morgan fingerprint density at radius 1 is 1.52 bits per heavy atom. The number of halogens is 1. The normalized spacial score (nSPS) is 26.0. The van der Waals surface area contributed by atoms with E-state index < -0.39 is 5.82 Å². The smallest absolute Gasteiger partial charge is 0.263 e. The molecule has 2 aliphatic rings. The monoisotopic (exact) mass is 291 g/mol. The molecule has 0 amide bonds. The van der Waals surface area contributed by atoms with Crippen molar-refractivity contribution in [1.29, 1.82) is 0 Å². The number of rotatable bonds is 2. The topological polar surface area (TPSA) is 38.1 Å². The second kappa shape index (κ2) is 5.98. The number of methoxy groups -OCH3 is 1. The summed E-state index contributed by atoms with van der Waals surface area (Å²) in [7, 11) is 1.44. The Morgan fingerprint density at radius 3 is 3.14 bits per heavy atom. The lowest BCUT2D eigenvalue weighted by molar-refractivity contribution is -0.0729. The summed E-state index contributed by atoms with van der Waals surface area (Å²) in [6.07, 6.45) is -0.328. The van der Waals surface area contributed by atoms with Gasteiger partial charge in [0.25, 0.3) is 5.69 Å². The second-order valence-corrected chi connectivity index (χ2v) is 5.31.